The zero-order valence-corrected chi connectivity index (χ0v) is 9.53. The average Bonchev–Trinajstić information content (AvgIpc) is 2.13. The highest BCUT2D eigenvalue weighted by molar-refractivity contribution is 5.41. The Morgan fingerprint density at radius 2 is 2.07 bits per heavy atom. The van der Waals surface area contributed by atoms with Gasteiger partial charge in [0.05, 0.1) is 12.2 Å². The number of hydrogen-bond acceptors (Lipinski definition) is 3. The molecule has 0 aromatic heterocycles. The van der Waals surface area contributed by atoms with Crippen LogP contribution in [0.2, 0.25) is 0 Å². The summed E-state index contributed by atoms with van der Waals surface area (Å²) in [6.45, 7) is 6.16. The maximum Gasteiger partial charge on any atom is 0.102 e. The third-order valence-electron chi connectivity index (χ3n) is 1.97. The Hall–Kier alpha value is -1.06. The first-order chi connectivity index (χ1) is 6.88. The molecule has 0 spiro atoms. The van der Waals surface area contributed by atoms with E-state index in [2.05, 4.69) is 0 Å². The van der Waals surface area contributed by atoms with E-state index in [1.807, 2.05) is 32.9 Å². The Bertz CT molecular complexity index is 318. The van der Waals surface area contributed by atoms with E-state index in [1.165, 1.54) is 0 Å². The second-order valence-corrected chi connectivity index (χ2v) is 4.61. The summed E-state index contributed by atoms with van der Waals surface area (Å²) in [6, 6.07) is 7.22. The molecule has 84 valence electrons. The normalized spacial score (nSPS) is 13.9. The molecule has 1 unspecified atom stereocenters. The highest BCUT2D eigenvalue weighted by atomic mass is 16.5. The number of benzene rings is 1. The molecule has 15 heavy (non-hydrogen) atoms. The van der Waals surface area contributed by atoms with E-state index in [0.29, 0.717) is 5.69 Å². The van der Waals surface area contributed by atoms with Crippen LogP contribution in [-0.4, -0.2) is 17.3 Å². The third kappa shape index (κ3) is 4.32. The summed E-state index contributed by atoms with van der Waals surface area (Å²) in [5, 5.41) is 9.83. The van der Waals surface area contributed by atoms with Gasteiger partial charge in [-0.15, -0.1) is 0 Å². The van der Waals surface area contributed by atoms with Gasteiger partial charge < -0.3 is 15.6 Å². The predicted molar refractivity (Wildman–Crippen MR) is 61.5 cm³/mol. The van der Waals surface area contributed by atoms with E-state index in [1.54, 1.807) is 12.1 Å². The van der Waals surface area contributed by atoms with Gasteiger partial charge in [-0.2, -0.15) is 0 Å². The van der Waals surface area contributed by atoms with Crippen molar-refractivity contribution >= 4 is 5.69 Å². The highest BCUT2D eigenvalue weighted by Crippen LogP contribution is 2.18. The first-order valence-electron chi connectivity index (χ1n) is 5.06. The molecule has 0 heterocycles. The lowest BCUT2D eigenvalue weighted by Gasteiger charge is -2.22. The van der Waals surface area contributed by atoms with Crippen LogP contribution in [0.15, 0.2) is 24.3 Å². The lowest BCUT2D eigenvalue weighted by Crippen LogP contribution is -2.22. The van der Waals surface area contributed by atoms with Crippen molar-refractivity contribution in [3.8, 4) is 0 Å². The molecule has 3 N–H and O–H groups in total. The summed E-state index contributed by atoms with van der Waals surface area (Å²) in [5.41, 5.74) is 6.84. The lowest BCUT2D eigenvalue weighted by atomic mass is 10.1. The van der Waals surface area contributed by atoms with Crippen molar-refractivity contribution in [2.45, 2.75) is 32.5 Å². The van der Waals surface area contributed by atoms with Crippen molar-refractivity contribution in [3.05, 3.63) is 29.8 Å². The minimum Gasteiger partial charge on any atom is -0.399 e. The fourth-order valence-electron chi connectivity index (χ4n) is 1.19. The minimum atomic E-state index is -0.618. The van der Waals surface area contributed by atoms with E-state index >= 15 is 0 Å². The van der Waals surface area contributed by atoms with Gasteiger partial charge in [0, 0.05) is 5.69 Å². The van der Waals surface area contributed by atoms with Crippen molar-refractivity contribution < 1.29 is 9.84 Å². The van der Waals surface area contributed by atoms with E-state index in [4.69, 9.17) is 10.5 Å². The second-order valence-electron chi connectivity index (χ2n) is 4.61. The maximum atomic E-state index is 9.83. The maximum absolute atomic E-state index is 9.83. The molecule has 1 aromatic carbocycles. The van der Waals surface area contributed by atoms with Crippen molar-refractivity contribution in [3.63, 3.8) is 0 Å². The van der Waals surface area contributed by atoms with Gasteiger partial charge in [0.25, 0.3) is 0 Å². The van der Waals surface area contributed by atoms with Gasteiger partial charge in [-0.05, 0) is 38.5 Å². The molecule has 0 aliphatic heterocycles. The molecule has 0 amide bonds. The standard InChI is InChI=1S/C12H19NO2/c1-12(2,3)15-8-11(14)9-5-4-6-10(13)7-9/h4-7,11,14H,8,13H2,1-3H3. The van der Waals surface area contributed by atoms with E-state index in [0.717, 1.165) is 5.56 Å². The number of hydrogen-bond donors (Lipinski definition) is 2. The average molecular weight is 209 g/mol. The van der Waals surface area contributed by atoms with Gasteiger partial charge in [-0.1, -0.05) is 12.1 Å². The Kier molecular flexibility index (Phi) is 3.72. The predicted octanol–water partition coefficient (Wildman–Crippen LogP) is 2.12. The summed E-state index contributed by atoms with van der Waals surface area (Å²) in [5.74, 6) is 0. The van der Waals surface area contributed by atoms with Gasteiger partial charge in [0.1, 0.15) is 6.10 Å². The van der Waals surface area contributed by atoms with Crippen LogP contribution < -0.4 is 5.73 Å². The number of aliphatic hydroxyl groups excluding tert-OH is 1. The zero-order chi connectivity index (χ0) is 11.5. The molecule has 3 nitrogen and oxygen atoms in total. The van der Waals surface area contributed by atoms with Gasteiger partial charge in [-0.25, -0.2) is 0 Å². The minimum absolute atomic E-state index is 0.235. The number of ether oxygens (including phenoxy) is 1. The number of aliphatic hydroxyl groups is 1. The molecule has 0 fully saturated rings. The summed E-state index contributed by atoms with van der Waals surface area (Å²) < 4.78 is 5.49. The number of anilines is 1. The molecule has 1 aromatic rings. The third-order valence-corrected chi connectivity index (χ3v) is 1.97. The molecule has 1 atom stereocenters. The van der Waals surface area contributed by atoms with Crippen molar-refractivity contribution in [1.29, 1.82) is 0 Å². The molecule has 0 bridgehead atoms. The van der Waals surface area contributed by atoms with Crippen molar-refractivity contribution in [1.82, 2.24) is 0 Å². The Morgan fingerprint density at radius 3 is 2.60 bits per heavy atom. The molecular weight excluding hydrogens is 190 g/mol. The van der Waals surface area contributed by atoms with Crippen LogP contribution >= 0.6 is 0 Å². The number of rotatable bonds is 3. The Morgan fingerprint density at radius 1 is 1.40 bits per heavy atom. The van der Waals surface area contributed by atoms with Crippen LogP contribution in [0, 0.1) is 0 Å². The molecule has 3 heteroatoms. The molecule has 0 saturated carbocycles. The fourth-order valence-corrected chi connectivity index (χ4v) is 1.19. The lowest BCUT2D eigenvalue weighted by molar-refractivity contribution is -0.0496. The molecule has 0 aliphatic carbocycles. The monoisotopic (exact) mass is 209 g/mol. The van der Waals surface area contributed by atoms with Gasteiger partial charge in [0.2, 0.25) is 0 Å². The number of nitrogen functional groups attached to an aromatic ring is 1. The van der Waals surface area contributed by atoms with Crippen molar-refractivity contribution in [2.75, 3.05) is 12.3 Å². The second kappa shape index (κ2) is 4.64. The topological polar surface area (TPSA) is 55.5 Å². The SMILES string of the molecule is CC(C)(C)OCC(O)c1cccc(N)c1. The van der Waals surface area contributed by atoms with Crippen LogP contribution in [0.4, 0.5) is 5.69 Å². The van der Waals surface area contributed by atoms with Gasteiger partial charge in [0.15, 0.2) is 0 Å². The Balaban J connectivity index is 2.58. The first-order valence-corrected chi connectivity index (χ1v) is 5.06. The van der Waals surface area contributed by atoms with Crippen LogP contribution in [-0.2, 0) is 4.74 Å². The number of nitrogens with two attached hydrogens (primary N) is 1. The first kappa shape index (κ1) is 12.0. The van der Waals surface area contributed by atoms with Crippen LogP contribution in [0.3, 0.4) is 0 Å². The van der Waals surface area contributed by atoms with E-state index in [-0.39, 0.29) is 12.2 Å². The molecule has 0 saturated heterocycles. The summed E-state index contributed by atoms with van der Waals surface area (Å²) in [4.78, 5) is 0. The van der Waals surface area contributed by atoms with E-state index < -0.39 is 6.10 Å². The molecule has 0 aliphatic rings. The van der Waals surface area contributed by atoms with Gasteiger partial charge in [-0.3, -0.25) is 0 Å². The van der Waals surface area contributed by atoms with Crippen molar-refractivity contribution in [2.24, 2.45) is 0 Å². The van der Waals surface area contributed by atoms with Crippen LogP contribution in [0.1, 0.15) is 32.4 Å². The smallest absolute Gasteiger partial charge is 0.102 e. The largest absolute Gasteiger partial charge is 0.399 e. The molecular formula is C12H19NO2. The van der Waals surface area contributed by atoms with E-state index in [9.17, 15) is 5.11 Å². The summed E-state index contributed by atoms with van der Waals surface area (Å²) >= 11 is 0. The summed E-state index contributed by atoms with van der Waals surface area (Å²) in [6.07, 6.45) is -0.618. The van der Waals surface area contributed by atoms with Gasteiger partial charge >= 0.3 is 0 Å². The quantitative estimate of drug-likeness (QED) is 0.750. The molecule has 0 radical (unpaired) electrons. The van der Waals surface area contributed by atoms with Crippen LogP contribution in [0.25, 0.3) is 0 Å². The van der Waals surface area contributed by atoms with Crippen LogP contribution in [0.5, 0.6) is 0 Å². The fraction of sp³-hybridized carbons (Fsp3) is 0.500. The Labute approximate surface area is 90.9 Å². The summed E-state index contributed by atoms with van der Waals surface area (Å²) in [7, 11) is 0. The molecule has 1 rings (SSSR count). The highest BCUT2D eigenvalue weighted by Gasteiger charge is 2.14. The zero-order valence-electron chi connectivity index (χ0n) is 9.53.